The number of amides is 1. The third-order valence-corrected chi connectivity index (χ3v) is 5.44. The van der Waals surface area contributed by atoms with Crippen molar-refractivity contribution in [2.45, 2.75) is 19.8 Å². The molecule has 0 aliphatic heterocycles. The van der Waals surface area contributed by atoms with E-state index >= 15 is 0 Å². The largest absolute Gasteiger partial charge is 0.355 e. The van der Waals surface area contributed by atoms with Gasteiger partial charge in [-0.15, -0.1) is 0 Å². The highest BCUT2D eigenvalue weighted by molar-refractivity contribution is 6.31. The lowest BCUT2D eigenvalue weighted by atomic mass is 10.1. The summed E-state index contributed by atoms with van der Waals surface area (Å²) in [6.07, 6.45) is 1.15. The number of aromatic nitrogens is 2. The summed E-state index contributed by atoms with van der Waals surface area (Å²) < 4.78 is 13.1. The summed E-state index contributed by atoms with van der Waals surface area (Å²) in [4.78, 5) is 24.3. The van der Waals surface area contributed by atoms with E-state index in [0.29, 0.717) is 23.1 Å². The number of anilines is 2. The first kappa shape index (κ1) is 22.7. The van der Waals surface area contributed by atoms with Crippen molar-refractivity contribution in [3.8, 4) is 11.4 Å². The quantitative estimate of drug-likeness (QED) is 0.332. The van der Waals surface area contributed by atoms with E-state index in [9.17, 15) is 9.18 Å². The Hall–Kier alpha value is -3.51. The van der Waals surface area contributed by atoms with Gasteiger partial charge < -0.3 is 10.2 Å². The van der Waals surface area contributed by atoms with Crippen LogP contribution in [-0.2, 0) is 4.79 Å². The second-order valence-corrected chi connectivity index (χ2v) is 8.13. The van der Waals surface area contributed by atoms with Gasteiger partial charge in [0.2, 0.25) is 5.91 Å². The molecule has 33 heavy (non-hydrogen) atoms. The van der Waals surface area contributed by atoms with Crippen molar-refractivity contribution in [2.75, 3.05) is 23.3 Å². The summed E-state index contributed by atoms with van der Waals surface area (Å²) >= 11 is 6.25. The Balaban J connectivity index is 1.63. The normalized spacial score (nSPS) is 10.9. The number of halogens is 2. The molecule has 0 saturated carbocycles. The molecular formula is C26H24ClFN4O. The first-order valence-corrected chi connectivity index (χ1v) is 11.2. The Morgan fingerprint density at radius 3 is 2.48 bits per heavy atom. The maximum Gasteiger partial charge on any atom is 0.226 e. The fraction of sp³-hybridized carbons (Fsp3) is 0.192. The monoisotopic (exact) mass is 462 g/mol. The molecule has 168 valence electrons. The lowest BCUT2D eigenvalue weighted by Crippen LogP contribution is -2.29. The molecule has 5 nitrogen and oxygen atoms in total. The maximum absolute atomic E-state index is 13.1. The fourth-order valence-electron chi connectivity index (χ4n) is 3.63. The second-order valence-electron chi connectivity index (χ2n) is 7.69. The number of carbonyl (C=O) groups excluding carboxylic acids is 1. The van der Waals surface area contributed by atoms with Crippen LogP contribution in [0.4, 0.5) is 15.9 Å². The average molecular weight is 463 g/mol. The summed E-state index contributed by atoms with van der Waals surface area (Å²) in [5.41, 5.74) is 2.23. The third-order valence-electron chi connectivity index (χ3n) is 5.20. The highest BCUT2D eigenvalue weighted by atomic mass is 35.5. The minimum absolute atomic E-state index is 0.146. The van der Waals surface area contributed by atoms with Gasteiger partial charge >= 0.3 is 0 Å². The van der Waals surface area contributed by atoms with Crippen molar-refractivity contribution >= 4 is 39.9 Å². The summed E-state index contributed by atoms with van der Waals surface area (Å²) in [6.45, 7) is 3.29. The molecule has 1 aromatic heterocycles. The smallest absolute Gasteiger partial charge is 0.226 e. The van der Waals surface area contributed by atoms with E-state index in [4.69, 9.17) is 21.6 Å². The first-order valence-electron chi connectivity index (χ1n) is 10.9. The highest BCUT2D eigenvalue weighted by Gasteiger charge is 2.17. The number of rotatable bonds is 8. The zero-order valence-corrected chi connectivity index (χ0v) is 19.0. The predicted molar refractivity (Wildman–Crippen MR) is 132 cm³/mol. The molecule has 0 fully saturated rings. The Kier molecular flexibility index (Phi) is 7.15. The number of benzene rings is 3. The molecule has 1 N–H and O–H groups in total. The Labute approximate surface area is 197 Å². The van der Waals surface area contributed by atoms with E-state index in [0.717, 1.165) is 35.2 Å². The van der Waals surface area contributed by atoms with E-state index in [-0.39, 0.29) is 18.1 Å². The molecule has 3 aromatic carbocycles. The molecule has 1 heterocycles. The lowest BCUT2D eigenvalue weighted by Gasteiger charge is -2.25. The zero-order valence-electron chi connectivity index (χ0n) is 18.3. The fourth-order valence-corrected chi connectivity index (χ4v) is 3.80. The van der Waals surface area contributed by atoms with E-state index in [1.54, 1.807) is 12.1 Å². The van der Waals surface area contributed by atoms with Crippen LogP contribution in [0.5, 0.6) is 0 Å². The third kappa shape index (κ3) is 5.65. The van der Waals surface area contributed by atoms with Crippen LogP contribution in [0.15, 0.2) is 72.8 Å². The summed E-state index contributed by atoms with van der Waals surface area (Å²) in [7, 11) is 0. The van der Waals surface area contributed by atoms with Gasteiger partial charge in [0.1, 0.15) is 11.6 Å². The zero-order chi connectivity index (χ0) is 23.2. The van der Waals surface area contributed by atoms with Crippen LogP contribution in [0.2, 0.25) is 5.02 Å². The second kappa shape index (κ2) is 10.4. The van der Waals surface area contributed by atoms with E-state index < -0.39 is 0 Å². The number of hydrogen-bond donors (Lipinski definition) is 1. The Morgan fingerprint density at radius 2 is 1.76 bits per heavy atom. The number of carbonyl (C=O) groups is 1. The molecule has 7 heteroatoms. The van der Waals surface area contributed by atoms with Gasteiger partial charge in [0.25, 0.3) is 0 Å². The van der Waals surface area contributed by atoms with E-state index in [2.05, 4.69) is 17.1 Å². The van der Waals surface area contributed by atoms with E-state index in [1.807, 2.05) is 48.5 Å². The summed E-state index contributed by atoms with van der Waals surface area (Å²) in [6, 6.07) is 21.1. The minimum Gasteiger partial charge on any atom is -0.355 e. The van der Waals surface area contributed by atoms with Crippen LogP contribution in [0.25, 0.3) is 22.3 Å². The first-order chi connectivity index (χ1) is 16.0. The van der Waals surface area contributed by atoms with Crippen molar-refractivity contribution < 1.29 is 9.18 Å². The minimum atomic E-state index is -0.341. The molecule has 0 atom stereocenters. The number of nitrogens with one attached hydrogen (secondary N) is 1. The van der Waals surface area contributed by atoms with Crippen LogP contribution >= 0.6 is 11.6 Å². The van der Waals surface area contributed by atoms with Gasteiger partial charge in [-0.2, -0.15) is 0 Å². The van der Waals surface area contributed by atoms with Crippen molar-refractivity contribution in [1.82, 2.24) is 9.97 Å². The number of hydrogen-bond acceptors (Lipinski definition) is 4. The molecule has 0 unspecified atom stereocenters. The number of fused-ring (bicyclic) bond motifs is 1. The van der Waals surface area contributed by atoms with Crippen LogP contribution in [0.3, 0.4) is 0 Å². The maximum atomic E-state index is 13.1. The molecule has 4 rings (SSSR count). The molecule has 0 radical (unpaired) electrons. The molecule has 0 aliphatic rings. The van der Waals surface area contributed by atoms with Crippen LogP contribution in [0.1, 0.15) is 19.8 Å². The summed E-state index contributed by atoms with van der Waals surface area (Å²) in [5.74, 6) is 0.892. The molecule has 0 bridgehead atoms. The SMILES string of the molecule is CCCN(CCC(=O)Nc1ccc(F)cc1)c1nc(-c2ccccc2)nc2cc(Cl)ccc12. The highest BCUT2D eigenvalue weighted by Crippen LogP contribution is 2.29. The molecule has 0 aliphatic carbocycles. The molecule has 0 saturated heterocycles. The van der Waals surface area contributed by atoms with Crippen LogP contribution in [-0.4, -0.2) is 29.0 Å². The van der Waals surface area contributed by atoms with Crippen LogP contribution < -0.4 is 10.2 Å². The Bertz CT molecular complexity index is 1250. The van der Waals surface area contributed by atoms with Crippen molar-refractivity contribution in [3.05, 3.63) is 83.6 Å². The molecule has 4 aromatic rings. The van der Waals surface area contributed by atoms with Gasteiger partial charge in [0, 0.05) is 41.2 Å². The van der Waals surface area contributed by atoms with Gasteiger partial charge in [0.15, 0.2) is 5.82 Å². The van der Waals surface area contributed by atoms with Gasteiger partial charge in [-0.25, -0.2) is 14.4 Å². The van der Waals surface area contributed by atoms with Crippen molar-refractivity contribution in [3.63, 3.8) is 0 Å². The molecule has 0 spiro atoms. The van der Waals surface area contributed by atoms with Gasteiger partial charge in [0.05, 0.1) is 5.52 Å². The Morgan fingerprint density at radius 1 is 1.00 bits per heavy atom. The van der Waals surface area contributed by atoms with Gasteiger partial charge in [-0.1, -0.05) is 48.9 Å². The topological polar surface area (TPSA) is 58.1 Å². The molecular weight excluding hydrogens is 439 g/mol. The average Bonchev–Trinajstić information content (AvgIpc) is 2.83. The standard InChI is InChI=1S/C26H24ClFN4O/c1-2-15-32(16-14-24(33)29-21-11-9-20(28)10-12-21)26-22-13-8-19(27)17-23(22)30-25(31-26)18-6-4-3-5-7-18/h3-13,17H,2,14-16H2,1H3,(H,29,33). The van der Waals surface area contributed by atoms with E-state index in [1.165, 1.54) is 12.1 Å². The van der Waals surface area contributed by atoms with Gasteiger partial charge in [-0.05, 0) is 48.9 Å². The van der Waals surface area contributed by atoms with Crippen molar-refractivity contribution in [1.29, 1.82) is 0 Å². The van der Waals surface area contributed by atoms with Crippen molar-refractivity contribution in [2.24, 2.45) is 0 Å². The van der Waals surface area contributed by atoms with Crippen LogP contribution in [0, 0.1) is 5.82 Å². The predicted octanol–water partition coefficient (Wildman–Crippen LogP) is 6.33. The number of nitrogens with zero attached hydrogens (tertiary/aromatic N) is 3. The lowest BCUT2D eigenvalue weighted by molar-refractivity contribution is -0.116. The molecule has 1 amide bonds. The summed E-state index contributed by atoms with van der Waals surface area (Å²) in [5, 5.41) is 4.30. The van der Waals surface area contributed by atoms with Gasteiger partial charge in [-0.3, -0.25) is 4.79 Å².